The minimum Gasteiger partial charge on any atom is -0.391 e. The molecule has 2 nitrogen and oxygen atoms in total. The second-order valence-electron chi connectivity index (χ2n) is 4.66. The summed E-state index contributed by atoms with van der Waals surface area (Å²) in [5.74, 6) is 0.834. The van der Waals surface area contributed by atoms with E-state index in [-0.39, 0.29) is 6.10 Å². The maximum Gasteiger partial charge on any atom is 0.0698 e. The van der Waals surface area contributed by atoms with Crippen LogP contribution < -0.4 is 0 Å². The van der Waals surface area contributed by atoms with Crippen molar-refractivity contribution in [2.24, 2.45) is 5.92 Å². The predicted octanol–water partition coefficient (Wildman–Crippen LogP) is 0.994. The van der Waals surface area contributed by atoms with Gasteiger partial charge in [-0.05, 0) is 44.6 Å². The molecule has 68 valence electrons. The van der Waals surface area contributed by atoms with E-state index in [9.17, 15) is 5.11 Å². The zero-order valence-corrected chi connectivity index (χ0v) is 7.45. The van der Waals surface area contributed by atoms with Crippen LogP contribution in [0, 0.1) is 5.92 Å². The molecule has 0 aliphatic carbocycles. The molecule has 0 aromatic carbocycles. The quantitative estimate of drug-likeness (QED) is 0.581. The number of hydrogen-bond acceptors (Lipinski definition) is 2. The number of aliphatic hydroxyl groups excluding tert-OH is 1. The zero-order valence-electron chi connectivity index (χ0n) is 7.45. The summed E-state index contributed by atoms with van der Waals surface area (Å²) in [6, 6.07) is 1.39. The normalized spacial score (nSPS) is 57.2. The number of hydrogen-bond donors (Lipinski definition) is 1. The zero-order chi connectivity index (χ0) is 8.13. The van der Waals surface area contributed by atoms with Crippen LogP contribution in [0.4, 0.5) is 0 Å². The first kappa shape index (κ1) is 7.34. The Labute approximate surface area is 73.6 Å². The van der Waals surface area contributed by atoms with Crippen molar-refractivity contribution in [3.8, 4) is 0 Å². The van der Waals surface area contributed by atoms with Gasteiger partial charge in [-0.25, -0.2) is 0 Å². The second-order valence-corrected chi connectivity index (χ2v) is 4.66. The monoisotopic (exact) mass is 167 g/mol. The Hall–Kier alpha value is -0.0800. The average molecular weight is 167 g/mol. The molecule has 3 aliphatic heterocycles. The van der Waals surface area contributed by atoms with Crippen molar-refractivity contribution in [1.29, 1.82) is 0 Å². The van der Waals surface area contributed by atoms with E-state index >= 15 is 0 Å². The Morgan fingerprint density at radius 3 is 2.92 bits per heavy atom. The highest BCUT2D eigenvalue weighted by atomic mass is 16.3. The van der Waals surface area contributed by atoms with E-state index < -0.39 is 0 Å². The van der Waals surface area contributed by atoms with Gasteiger partial charge in [0, 0.05) is 12.1 Å². The van der Waals surface area contributed by atoms with Gasteiger partial charge in [-0.3, -0.25) is 4.90 Å². The molecule has 12 heavy (non-hydrogen) atoms. The van der Waals surface area contributed by atoms with Crippen LogP contribution in [-0.4, -0.2) is 34.7 Å². The fraction of sp³-hybridized carbons (Fsp3) is 1.00. The van der Waals surface area contributed by atoms with Crippen molar-refractivity contribution in [3.63, 3.8) is 0 Å². The molecule has 4 bridgehead atoms. The molecule has 3 saturated heterocycles. The third-order valence-corrected chi connectivity index (χ3v) is 4.09. The van der Waals surface area contributed by atoms with Crippen molar-refractivity contribution < 1.29 is 5.11 Å². The highest BCUT2D eigenvalue weighted by Crippen LogP contribution is 2.44. The third kappa shape index (κ3) is 0.826. The summed E-state index contributed by atoms with van der Waals surface area (Å²) in [5, 5.41) is 9.86. The smallest absolute Gasteiger partial charge is 0.0698 e. The molecule has 3 aliphatic rings. The lowest BCUT2D eigenvalue weighted by molar-refractivity contribution is -0.0129. The molecule has 0 spiro atoms. The molecule has 1 unspecified atom stereocenters. The molecule has 2 heteroatoms. The van der Waals surface area contributed by atoms with Crippen molar-refractivity contribution >= 4 is 0 Å². The largest absolute Gasteiger partial charge is 0.391 e. The number of aliphatic hydroxyl groups is 1. The Morgan fingerprint density at radius 2 is 2.08 bits per heavy atom. The molecule has 0 amide bonds. The summed E-state index contributed by atoms with van der Waals surface area (Å²) >= 11 is 0. The van der Waals surface area contributed by atoms with Crippen LogP contribution in [0.3, 0.4) is 0 Å². The number of piperidine rings is 2. The maximum absolute atomic E-state index is 9.86. The summed E-state index contributed by atoms with van der Waals surface area (Å²) in [7, 11) is 0. The van der Waals surface area contributed by atoms with Gasteiger partial charge in [0.2, 0.25) is 0 Å². The molecule has 5 atom stereocenters. The molecule has 3 heterocycles. The summed E-state index contributed by atoms with van der Waals surface area (Å²) in [4.78, 5) is 2.59. The van der Waals surface area contributed by atoms with Crippen LogP contribution in [0.5, 0.6) is 0 Å². The Balaban J connectivity index is 1.92. The molecule has 0 saturated carbocycles. The molecular weight excluding hydrogens is 150 g/mol. The van der Waals surface area contributed by atoms with Gasteiger partial charge in [0.1, 0.15) is 0 Å². The van der Waals surface area contributed by atoms with Gasteiger partial charge in [0.15, 0.2) is 0 Å². The minimum atomic E-state index is -0.00551. The highest BCUT2D eigenvalue weighted by Gasteiger charge is 2.49. The summed E-state index contributed by atoms with van der Waals surface area (Å²) in [6.45, 7) is 1.25. The Morgan fingerprint density at radius 1 is 1.17 bits per heavy atom. The first-order chi connectivity index (χ1) is 5.86. The van der Waals surface area contributed by atoms with Gasteiger partial charge in [0.05, 0.1) is 6.10 Å². The van der Waals surface area contributed by atoms with E-state index in [0.29, 0.717) is 6.04 Å². The number of rotatable bonds is 0. The van der Waals surface area contributed by atoms with Crippen LogP contribution in [0.2, 0.25) is 0 Å². The Kier molecular flexibility index (Phi) is 1.50. The first-order valence-electron chi connectivity index (χ1n) is 5.30. The summed E-state index contributed by atoms with van der Waals surface area (Å²) < 4.78 is 0. The molecular formula is C10H17NO. The molecule has 0 radical (unpaired) electrons. The van der Waals surface area contributed by atoms with E-state index in [4.69, 9.17) is 0 Å². The van der Waals surface area contributed by atoms with Gasteiger partial charge in [0.25, 0.3) is 0 Å². The molecule has 3 fully saturated rings. The Bertz CT molecular complexity index is 194. The van der Waals surface area contributed by atoms with Gasteiger partial charge in [-0.1, -0.05) is 0 Å². The van der Waals surface area contributed by atoms with Crippen molar-refractivity contribution in [1.82, 2.24) is 4.90 Å². The van der Waals surface area contributed by atoms with E-state index in [1.54, 1.807) is 0 Å². The van der Waals surface area contributed by atoms with Gasteiger partial charge < -0.3 is 5.11 Å². The van der Waals surface area contributed by atoms with Gasteiger partial charge in [-0.15, -0.1) is 0 Å². The fourth-order valence-electron chi connectivity index (χ4n) is 3.65. The standard InChI is InChI=1S/C10H17NO/c12-9-4-3-8-6-7-2-1-5-11(8)10(7)9/h7-10,12H,1-6H2/t7-,8+,9+,10-/m0/s1. The summed E-state index contributed by atoms with van der Waals surface area (Å²) in [5.41, 5.74) is 0. The maximum atomic E-state index is 9.86. The SMILES string of the molecule is O[C@@H]1CC[C@@H]2C[C@@H]3CCCN2[C@@H]31. The second kappa shape index (κ2) is 2.46. The van der Waals surface area contributed by atoms with Crippen LogP contribution in [0.25, 0.3) is 0 Å². The number of nitrogens with zero attached hydrogens (tertiary/aromatic N) is 1. The summed E-state index contributed by atoms with van der Waals surface area (Å²) in [6.07, 6.45) is 6.41. The molecule has 0 aromatic rings. The van der Waals surface area contributed by atoms with E-state index in [1.807, 2.05) is 0 Å². The van der Waals surface area contributed by atoms with E-state index in [2.05, 4.69) is 4.90 Å². The highest BCUT2D eigenvalue weighted by molar-refractivity contribution is 5.03. The third-order valence-electron chi connectivity index (χ3n) is 4.09. The minimum absolute atomic E-state index is 0.00551. The molecule has 3 rings (SSSR count). The predicted molar refractivity (Wildman–Crippen MR) is 46.9 cm³/mol. The lowest BCUT2D eigenvalue weighted by Gasteiger charge is -2.41. The van der Waals surface area contributed by atoms with Crippen molar-refractivity contribution in [2.75, 3.05) is 6.54 Å². The van der Waals surface area contributed by atoms with Gasteiger partial charge >= 0.3 is 0 Å². The van der Waals surface area contributed by atoms with Crippen LogP contribution >= 0.6 is 0 Å². The van der Waals surface area contributed by atoms with Crippen LogP contribution in [0.15, 0.2) is 0 Å². The van der Waals surface area contributed by atoms with E-state index in [0.717, 1.165) is 18.4 Å². The molecule has 0 aromatic heterocycles. The lowest BCUT2D eigenvalue weighted by Crippen LogP contribution is -2.51. The van der Waals surface area contributed by atoms with Crippen LogP contribution in [-0.2, 0) is 0 Å². The van der Waals surface area contributed by atoms with Crippen LogP contribution in [0.1, 0.15) is 32.1 Å². The van der Waals surface area contributed by atoms with Crippen molar-refractivity contribution in [2.45, 2.75) is 50.3 Å². The van der Waals surface area contributed by atoms with E-state index in [1.165, 1.54) is 32.2 Å². The lowest BCUT2D eigenvalue weighted by atomic mass is 9.88. The average Bonchev–Trinajstić information content (AvgIpc) is 2.24. The fourth-order valence-corrected chi connectivity index (χ4v) is 3.65. The van der Waals surface area contributed by atoms with Gasteiger partial charge in [-0.2, -0.15) is 0 Å². The topological polar surface area (TPSA) is 23.5 Å². The molecule has 1 N–H and O–H groups in total. The first-order valence-corrected chi connectivity index (χ1v) is 5.30. The van der Waals surface area contributed by atoms with Crippen molar-refractivity contribution in [3.05, 3.63) is 0 Å².